The number of aliphatic carboxylic acids is 3. The van der Waals surface area contributed by atoms with Gasteiger partial charge in [0.25, 0.3) is 11.8 Å². The summed E-state index contributed by atoms with van der Waals surface area (Å²) in [6.45, 7) is 3.02. The number of nitrogens with zero attached hydrogens (tertiary/aromatic N) is 10. The van der Waals surface area contributed by atoms with Gasteiger partial charge in [-0.05, 0) is 109 Å². The van der Waals surface area contributed by atoms with Gasteiger partial charge in [-0.25, -0.2) is 8.78 Å². The number of likely N-dealkylation sites (tertiary alicyclic amines) is 2. The number of aromatic nitrogens is 1. The third kappa shape index (κ3) is 25.4. The number of alkyl halides is 2. The number of aryl methyl sites for hydroxylation is 1. The number of hydrogen-bond donors (Lipinski definition) is 6. The molecule has 2 unspecified atom stereocenters. The maximum atomic E-state index is 14.0. The van der Waals surface area contributed by atoms with E-state index >= 15 is 0 Å². The lowest BCUT2D eigenvalue weighted by Gasteiger charge is -2.34. The molecular weight excluding hydrogens is 1370 g/mol. The molecule has 7 amide bonds. The summed E-state index contributed by atoms with van der Waals surface area (Å²) < 4.78 is 35.0. The van der Waals surface area contributed by atoms with E-state index in [9.17, 15) is 77.3 Å². The highest BCUT2D eigenvalue weighted by atomic mass is 127. The lowest BCUT2D eigenvalue weighted by atomic mass is 10.1. The molecule has 4 aliphatic heterocycles. The Hall–Kier alpha value is -7.22. The number of fused-ring (bicyclic) bond motifs is 1. The van der Waals surface area contributed by atoms with Gasteiger partial charge >= 0.3 is 17.9 Å². The Morgan fingerprint density at radius 2 is 1.34 bits per heavy atom. The van der Waals surface area contributed by atoms with Crippen molar-refractivity contribution in [2.45, 2.75) is 93.9 Å². The van der Waals surface area contributed by atoms with Crippen molar-refractivity contribution < 1.29 is 76.8 Å². The van der Waals surface area contributed by atoms with Crippen LogP contribution in [-0.2, 0) is 49.6 Å². The summed E-state index contributed by atoms with van der Waals surface area (Å²) in [7, 11) is 0. The fraction of sp³-hybridized carbons (Fsp3) is 0.594. The number of amides is 7. The minimum atomic E-state index is -3.19. The molecule has 7 rings (SSSR count). The summed E-state index contributed by atoms with van der Waals surface area (Å²) in [5.41, 5.74) is 1.84. The monoisotopic (exact) mass is 1460 g/mol. The number of carbonyl (C=O) groups is 10. The topological polar surface area (TPSA) is 339 Å². The number of piperazine rings is 1. The van der Waals surface area contributed by atoms with Crippen molar-refractivity contribution in [3.63, 3.8) is 0 Å². The molecule has 0 spiro atoms. The Morgan fingerprint density at radius 3 is 1.96 bits per heavy atom. The van der Waals surface area contributed by atoms with Crippen LogP contribution in [0.2, 0.25) is 0 Å². The third-order valence-corrected chi connectivity index (χ3v) is 19.1. The highest BCUT2D eigenvalue weighted by Gasteiger charge is 2.47. The highest BCUT2D eigenvalue weighted by Crippen LogP contribution is 2.32. The largest absolute Gasteiger partial charge is 0.494 e. The van der Waals surface area contributed by atoms with E-state index in [1.165, 1.54) is 28.9 Å². The second-order valence-electron chi connectivity index (χ2n) is 24.3. The number of hydrogen-bond acceptors (Lipinski definition) is 19. The standard InChI is InChI=1S/C64H86F2IN13O14S/c65-64(66)36-48(37-68)80(44-64)58(85)38-71-62(92)50-16-18-69-52-15-14-49(34-51(50)52)94-33-5-19-73-29-31-78(32-30-73)56(83)9-4-20-79-57(84)35-53(63(79)93)95-43-47(7-1-2-17-70-54(81)8-3-6-45-10-12-46(67)13-11-45)72-55(82)39-74-21-23-75(40-59(86)87)25-27-77(42-61(90)91)28-26-76(24-22-74)41-60(88)89/h10-16,18,34,47-48,53H,1-9,17,19-33,35-36,38-44H2,(H,70,81)(H,71,92)(H,72,82)(H,86,87)(H,88,89)(H,90,91)/t47?,48-,53?/m1/s1. The fourth-order valence-electron chi connectivity index (χ4n) is 11.9. The van der Waals surface area contributed by atoms with Crippen LogP contribution in [0.5, 0.6) is 5.75 Å². The molecule has 95 heavy (non-hydrogen) atoms. The molecule has 1 aromatic heterocycles. The molecule has 6 N–H and O–H groups in total. The second-order valence-corrected chi connectivity index (χ2v) is 26.7. The number of carboxylic acids is 3. The van der Waals surface area contributed by atoms with Crippen molar-refractivity contribution in [1.29, 1.82) is 5.26 Å². The van der Waals surface area contributed by atoms with E-state index in [1.807, 2.05) is 17.0 Å². The predicted octanol–water partition coefficient (Wildman–Crippen LogP) is 2.15. The van der Waals surface area contributed by atoms with Crippen LogP contribution in [0.4, 0.5) is 8.78 Å². The first-order valence-electron chi connectivity index (χ1n) is 32.2. The number of benzene rings is 2. The Balaban J connectivity index is 0.851. The number of ether oxygens (including phenoxy) is 1. The van der Waals surface area contributed by atoms with Gasteiger partial charge in [-0.1, -0.05) is 12.1 Å². The number of nitriles is 1. The quantitative estimate of drug-likeness (QED) is 0.0289. The van der Waals surface area contributed by atoms with E-state index in [2.05, 4.69) is 60.6 Å². The van der Waals surface area contributed by atoms with E-state index < -0.39 is 72.5 Å². The lowest BCUT2D eigenvalue weighted by Crippen LogP contribution is -2.50. The normalized spacial score (nSPS) is 19.2. The van der Waals surface area contributed by atoms with Crippen molar-refractivity contribution in [2.75, 3.05) is 150 Å². The van der Waals surface area contributed by atoms with Crippen LogP contribution in [0, 0.1) is 14.9 Å². The number of imide groups is 1. The van der Waals surface area contributed by atoms with Gasteiger partial charge < -0.3 is 45.8 Å². The molecule has 4 saturated heterocycles. The van der Waals surface area contributed by atoms with Gasteiger partial charge in [-0.2, -0.15) is 5.26 Å². The summed E-state index contributed by atoms with van der Waals surface area (Å²) in [6, 6.07) is 14.7. The van der Waals surface area contributed by atoms with Gasteiger partial charge in [0, 0.05) is 151 Å². The number of rotatable bonds is 33. The molecular formula is C64H86F2IN13O14S. The summed E-state index contributed by atoms with van der Waals surface area (Å²) >= 11 is 3.52. The van der Waals surface area contributed by atoms with E-state index in [4.69, 9.17) is 4.74 Å². The summed E-state index contributed by atoms with van der Waals surface area (Å²) in [5.74, 6) is -8.30. The second kappa shape index (κ2) is 37.9. The van der Waals surface area contributed by atoms with Crippen molar-refractivity contribution in [1.82, 2.24) is 60.1 Å². The summed E-state index contributed by atoms with van der Waals surface area (Å²) in [5, 5.41) is 46.5. The molecule has 0 saturated carbocycles. The molecule has 0 aliphatic carbocycles. The number of pyridine rings is 1. The molecule has 0 bridgehead atoms. The number of carboxylic acid groups (broad SMARTS) is 3. The van der Waals surface area contributed by atoms with Crippen LogP contribution in [0.25, 0.3) is 10.9 Å². The van der Waals surface area contributed by atoms with Gasteiger partial charge in [0.2, 0.25) is 35.4 Å². The van der Waals surface area contributed by atoms with Crippen LogP contribution < -0.4 is 20.7 Å². The van der Waals surface area contributed by atoms with E-state index in [0.717, 1.165) is 20.5 Å². The van der Waals surface area contributed by atoms with Gasteiger partial charge in [0.15, 0.2) is 0 Å². The molecule has 4 fully saturated rings. The molecule has 31 heteroatoms. The van der Waals surface area contributed by atoms with Crippen LogP contribution >= 0.6 is 34.4 Å². The Bertz CT molecular complexity index is 3170. The lowest BCUT2D eigenvalue weighted by molar-refractivity contribution is -0.140. The first-order valence-corrected chi connectivity index (χ1v) is 34.3. The van der Waals surface area contributed by atoms with Crippen LogP contribution in [0.1, 0.15) is 80.1 Å². The smallest absolute Gasteiger partial charge is 0.317 e. The Labute approximate surface area is 568 Å². The zero-order valence-corrected chi connectivity index (χ0v) is 56.3. The van der Waals surface area contributed by atoms with E-state index in [0.29, 0.717) is 101 Å². The Morgan fingerprint density at radius 1 is 0.716 bits per heavy atom. The minimum absolute atomic E-state index is 0.0478. The SMILES string of the molecule is N#C[C@H]1CC(F)(F)CN1C(=O)CNC(=O)c1ccnc2ccc(OCCCN3CCN(C(=O)CCCN4C(=O)CC(SCC(CCCCNC(=O)CCCc5ccc(I)cc5)NC(=O)CN5CCN(CC(=O)O)CCN(CC(=O)O)CCN(CC(=O)O)CC5)C4=O)CC3)cc12. The van der Waals surface area contributed by atoms with E-state index in [1.54, 1.807) is 43.9 Å². The van der Waals surface area contributed by atoms with Gasteiger partial charge in [-0.3, -0.25) is 82.3 Å². The van der Waals surface area contributed by atoms with Gasteiger partial charge in [0.1, 0.15) is 11.8 Å². The number of carbonyl (C=O) groups excluding carboxylic acids is 7. The van der Waals surface area contributed by atoms with Gasteiger partial charge in [0.05, 0.1) is 68.3 Å². The average molecular weight is 1460 g/mol. The molecule has 3 atom stereocenters. The summed E-state index contributed by atoms with van der Waals surface area (Å²) in [6.07, 6.45) is 5.21. The van der Waals surface area contributed by atoms with Gasteiger partial charge in [-0.15, -0.1) is 11.8 Å². The maximum Gasteiger partial charge on any atom is 0.317 e. The number of halogens is 3. The molecule has 5 heterocycles. The van der Waals surface area contributed by atoms with Crippen molar-refractivity contribution in [3.05, 3.63) is 69.4 Å². The molecule has 0 radical (unpaired) electrons. The molecule has 518 valence electrons. The molecule has 2 aromatic carbocycles. The average Bonchev–Trinajstić information content (AvgIpc) is 1.81. The van der Waals surface area contributed by atoms with E-state index in [-0.39, 0.29) is 145 Å². The number of thioether (sulfide) groups is 1. The maximum absolute atomic E-state index is 14.0. The molecule has 4 aliphatic rings. The highest BCUT2D eigenvalue weighted by molar-refractivity contribution is 14.1. The first-order chi connectivity index (χ1) is 45.5. The minimum Gasteiger partial charge on any atom is -0.494 e. The fourth-order valence-corrected chi connectivity index (χ4v) is 13.5. The number of nitrogens with one attached hydrogen (secondary N) is 3. The van der Waals surface area contributed by atoms with Crippen molar-refractivity contribution in [2.24, 2.45) is 0 Å². The third-order valence-electron chi connectivity index (χ3n) is 17.0. The number of unbranched alkanes of at least 4 members (excludes halogenated alkanes) is 1. The molecule has 27 nitrogen and oxygen atoms in total. The first kappa shape index (κ1) is 75.2. The summed E-state index contributed by atoms with van der Waals surface area (Å²) in [4.78, 5) is 146. The zero-order valence-electron chi connectivity index (χ0n) is 53.3. The van der Waals surface area contributed by atoms with Crippen molar-refractivity contribution in [3.8, 4) is 11.8 Å². The zero-order chi connectivity index (χ0) is 68.4. The molecule has 3 aromatic rings. The van der Waals surface area contributed by atoms with Crippen LogP contribution in [-0.4, -0.2) is 292 Å². The predicted molar refractivity (Wildman–Crippen MR) is 354 cm³/mol. The van der Waals surface area contributed by atoms with Crippen LogP contribution in [0.15, 0.2) is 54.7 Å². The van der Waals surface area contributed by atoms with Crippen LogP contribution in [0.3, 0.4) is 0 Å². The van der Waals surface area contributed by atoms with Crippen molar-refractivity contribution >= 4 is 105 Å². The Kier molecular flexibility index (Phi) is 30.0.